The average molecular weight is 431 g/mol. The van der Waals surface area contributed by atoms with Crippen LogP contribution in [0.1, 0.15) is 16.6 Å². The summed E-state index contributed by atoms with van der Waals surface area (Å²) in [6.45, 7) is 1.90. The fraction of sp³-hybridized carbons (Fsp3) is 0.125. The number of aryl methyl sites for hydroxylation is 1. The number of ether oxygens (including phenoxy) is 1. The molecule has 0 aliphatic heterocycles. The van der Waals surface area contributed by atoms with E-state index in [4.69, 9.17) is 4.74 Å². The Labute approximate surface area is 185 Å². The summed E-state index contributed by atoms with van der Waals surface area (Å²) >= 11 is 1.37. The number of para-hydroxylation sites is 1. The molecular weight excluding hydrogens is 408 g/mol. The molecule has 156 valence electrons. The highest BCUT2D eigenvalue weighted by molar-refractivity contribution is 8.00. The summed E-state index contributed by atoms with van der Waals surface area (Å²) in [5.41, 5.74) is 2.51. The van der Waals surface area contributed by atoms with E-state index in [0.717, 1.165) is 17.1 Å². The fourth-order valence-corrected chi connectivity index (χ4v) is 4.31. The zero-order valence-electron chi connectivity index (χ0n) is 17.2. The Hall–Kier alpha value is -3.58. The quantitative estimate of drug-likeness (QED) is 0.415. The smallest absolute Gasteiger partial charge is 0.242 e. The summed E-state index contributed by atoms with van der Waals surface area (Å²) < 4.78 is 7.22. The molecule has 4 aromatic rings. The lowest BCUT2D eigenvalue weighted by Gasteiger charge is -2.17. The van der Waals surface area contributed by atoms with Gasteiger partial charge in [0, 0.05) is 17.4 Å². The number of hydrogen-bond donors (Lipinski definition) is 1. The highest BCUT2D eigenvalue weighted by Crippen LogP contribution is 2.36. The van der Waals surface area contributed by atoms with E-state index in [0.29, 0.717) is 16.6 Å². The summed E-state index contributed by atoms with van der Waals surface area (Å²) in [5.74, 6) is 1.29. The lowest BCUT2D eigenvalue weighted by molar-refractivity contribution is -0.115. The van der Waals surface area contributed by atoms with Crippen LogP contribution in [0.2, 0.25) is 0 Å². The maximum Gasteiger partial charge on any atom is 0.242 e. The molecule has 1 heterocycles. The Balaban J connectivity index is 1.67. The van der Waals surface area contributed by atoms with Crippen LogP contribution in [0.15, 0.2) is 90.1 Å². The van der Waals surface area contributed by atoms with Gasteiger partial charge in [-0.1, -0.05) is 66.4 Å². The molecule has 1 unspecified atom stereocenters. The summed E-state index contributed by atoms with van der Waals surface area (Å²) in [6, 6.07) is 26.9. The monoisotopic (exact) mass is 430 g/mol. The summed E-state index contributed by atoms with van der Waals surface area (Å²) in [5, 5.41) is 11.7. The predicted molar refractivity (Wildman–Crippen MR) is 123 cm³/mol. The highest BCUT2D eigenvalue weighted by atomic mass is 32.2. The van der Waals surface area contributed by atoms with Gasteiger partial charge < -0.3 is 10.1 Å². The summed E-state index contributed by atoms with van der Waals surface area (Å²) in [4.78, 5) is 13.3. The third-order valence-corrected chi connectivity index (χ3v) is 5.91. The van der Waals surface area contributed by atoms with Crippen molar-refractivity contribution in [2.75, 3.05) is 12.4 Å². The number of anilines is 1. The number of amides is 1. The van der Waals surface area contributed by atoms with Crippen molar-refractivity contribution in [3.05, 3.63) is 96.3 Å². The van der Waals surface area contributed by atoms with Crippen LogP contribution in [0.4, 0.5) is 5.69 Å². The van der Waals surface area contributed by atoms with Crippen molar-refractivity contribution in [3.63, 3.8) is 0 Å². The van der Waals surface area contributed by atoms with E-state index >= 15 is 0 Å². The standard InChI is InChI=1S/C24H22N4O2S/c1-17-26-27-24(28(17)20-13-7-4-8-14-20)31-22(18-10-5-3-6-11-18)23(29)25-19-12-9-15-21(16-19)30-2/h3-16,22H,1-2H3,(H,25,29). The molecule has 0 fully saturated rings. The maximum absolute atomic E-state index is 13.3. The van der Waals surface area contributed by atoms with Gasteiger partial charge in [0.25, 0.3) is 0 Å². The summed E-state index contributed by atoms with van der Waals surface area (Å²) in [7, 11) is 1.60. The van der Waals surface area contributed by atoms with Crippen LogP contribution in [0, 0.1) is 6.92 Å². The molecule has 0 aliphatic carbocycles. The third kappa shape index (κ3) is 4.78. The number of carbonyl (C=O) groups excluding carboxylic acids is 1. The minimum atomic E-state index is -0.515. The first-order valence-electron chi connectivity index (χ1n) is 9.79. The fourth-order valence-electron chi connectivity index (χ4n) is 3.21. The minimum Gasteiger partial charge on any atom is -0.497 e. The lowest BCUT2D eigenvalue weighted by Crippen LogP contribution is -2.19. The van der Waals surface area contributed by atoms with Gasteiger partial charge in [0.2, 0.25) is 5.91 Å². The van der Waals surface area contributed by atoms with Gasteiger partial charge in [0.15, 0.2) is 5.16 Å². The normalized spacial score (nSPS) is 11.7. The van der Waals surface area contributed by atoms with Crippen molar-refractivity contribution in [2.24, 2.45) is 0 Å². The second-order valence-corrected chi connectivity index (χ2v) is 7.90. The van der Waals surface area contributed by atoms with Crippen LogP contribution in [-0.4, -0.2) is 27.8 Å². The van der Waals surface area contributed by atoms with Crippen molar-refractivity contribution >= 4 is 23.4 Å². The predicted octanol–water partition coefficient (Wildman–Crippen LogP) is 5.06. The zero-order valence-corrected chi connectivity index (χ0v) is 18.0. The van der Waals surface area contributed by atoms with Crippen LogP contribution < -0.4 is 10.1 Å². The van der Waals surface area contributed by atoms with E-state index in [9.17, 15) is 4.79 Å². The maximum atomic E-state index is 13.3. The number of rotatable bonds is 7. The van der Waals surface area contributed by atoms with E-state index in [1.54, 1.807) is 13.2 Å². The molecule has 0 aliphatic rings. The number of aromatic nitrogens is 3. The number of thioether (sulfide) groups is 1. The van der Waals surface area contributed by atoms with Crippen LogP contribution in [-0.2, 0) is 4.79 Å². The molecule has 7 heteroatoms. The molecule has 0 spiro atoms. The van der Waals surface area contributed by atoms with Crippen molar-refractivity contribution in [3.8, 4) is 11.4 Å². The number of methoxy groups -OCH3 is 1. The molecular formula is C24H22N4O2S. The molecule has 1 amide bonds. The van der Waals surface area contributed by atoms with Crippen molar-refractivity contribution in [2.45, 2.75) is 17.3 Å². The molecule has 31 heavy (non-hydrogen) atoms. The van der Waals surface area contributed by atoms with E-state index in [-0.39, 0.29) is 5.91 Å². The van der Waals surface area contributed by atoms with Crippen molar-refractivity contribution < 1.29 is 9.53 Å². The Morgan fingerprint density at radius 1 is 0.968 bits per heavy atom. The topological polar surface area (TPSA) is 69.0 Å². The Bertz CT molecular complexity index is 1160. The van der Waals surface area contributed by atoms with E-state index in [1.807, 2.05) is 90.4 Å². The first-order valence-corrected chi connectivity index (χ1v) is 10.7. The summed E-state index contributed by atoms with van der Waals surface area (Å²) in [6.07, 6.45) is 0. The van der Waals surface area contributed by atoms with Gasteiger partial charge >= 0.3 is 0 Å². The molecule has 1 atom stereocenters. The highest BCUT2D eigenvalue weighted by Gasteiger charge is 2.26. The van der Waals surface area contributed by atoms with E-state index in [2.05, 4.69) is 15.5 Å². The molecule has 0 bridgehead atoms. The first kappa shape index (κ1) is 20.7. The molecule has 4 rings (SSSR count). The average Bonchev–Trinajstić information content (AvgIpc) is 3.18. The van der Waals surface area contributed by atoms with Crippen LogP contribution in [0.3, 0.4) is 0 Å². The van der Waals surface area contributed by atoms with Gasteiger partial charge in [-0.25, -0.2) is 0 Å². The second-order valence-electron chi connectivity index (χ2n) is 6.83. The number of carbonyl (C=O) groups is 1. The lowest BCUT2D eigenvalue weighted by atomic mass is 10.1. The van der Waals surface area contributed by atoms with Crippen LogP contribution in [0.25, 0.3) is 5.69 Å². The third-order valence-electron chi connectivity index (χ3n) is 4.71. The SMILES string of the molecule is COc1cccc(NC(=O)C(Sc2nnc(C)n2-c2ccccc2)c2ccccc2)c1. The molecule has 1 N–H and O–H groups in total. The molecule has 0 saturated carbocycles. The Morgan fingerprint density at radius 3 is 2.39 bits per heavy atom. The first-order chi connectivity index (χ1) is 15.2. The number of nitrogens with zero attached hydrogens (tertiary/aromatic N) is 3. The Morgan fingerprint density at radius 2 is 1.68 bits per heavy atom. The van der Waals surface area contributed by atoms with Gasteiger partial charge in [-0.3, -0.25) is 9.36 Å². The molecule has 1 aromatic heterocycles. The van der Waals surface area contributed by atoms with Gasteiger partial charge in [0.05, 0.1) is 7.11 Å². The van der Waals surface area contributed by atoms with Gasteiger partial charge in [-0.15, -0.1) is 10.2 Å². The van der Waals surface area contributed by atoms with Crippen molar-refractivity contribution in [1.29, 1.82) is 0 Å². The van der Waals surface area contributed by atoms with Gasteiger partial charge in [-0.05, 0) is 36.8 Å². The Kier molecular flexibility index (Phi) is 6.33. The molecule has 0 radical (unpaired) electrons. The molecule has 6 nitrogen and oxygen atoms in total. The van der Waals surface area contributed by atoms with Gasteiger partial charge in [-0.2, -0.15) is 0 Å². The number of nitrogens with one attached hydrogen (secondary N) is 1. The second kappa shape index (κ2) is 9.49. The number of benzene rings is 3. The van der Waals surface area contributed by atoms with E-state index in [1.165, 1.54) is 11.8 Å². The molecule has 3 aromatic carbocycles. The molecule has 0 saturated heterocycles. The van der Waals surface area contributed by atoms with Gasteiger partial charge in [0.1, 0.15) is 16.8 Å². The van der Waals surface area contributed by atoms with Crippen molar-refractivity contribution in [1.82, 2.24) is 14.8 Å². The minimum absolute atomic E-state index is 0.148. The number of hydrogen-bond acceptors (Lipinski definition) is 5. The zero-order chi connectivity index (χ0) is 21.6. The van der Waals surface area contributed by atoms with Crippen LogP contribution in [0.5, 0.6) is 5.75 Å². The largest absolute Gasteiger partial charge is 0.497 e. The van der Waals surface area contributed by atoms with Crippen LogP contribution >= 0.6 is 11.8 Å². The van der Waals surface area contributed by atoms with E-state index < -0.39 is 5.25 Å².